The molecule has 0 aromatic carbocycles. The Morgan fingerprint density at radius 2 is 2.20 bits per heavy atom. The Bertz CT molecular complexity index is 633. The molecule has 0 amide bonds. The third-order valence-electron chi connectivity index (χ3n) is 3.38. The largest absolute Gasteiger partial charge is 0.480 e. The zero-order chi connectivity index (χ0) is 14.9. The van der Waals surface area contributed by atoms with Gasteiger partial charge in [-0.05, 0) is 24.5 Å². The summed E-state index contributed by atoms with van der Waals surface area (Å²) in [6.07, 6.45) is 1.76. The van der Waals surface area contributed by atoms with Crippen LogP contribution in [0, 0.1) is 12.8 Å². The summed E-state index contributed by atoms with van der Waals surface area (Å²) < 4.78 is 1.75. The summed E-state index contributed by atoms with van der Waals surface area (Å²) in [5, 5.41) is 17.5. The normalized spacial score (nSPS) is 13.1. The van der Waals surface area contributed by atoms with E-state index in [0.29, 0.717) is 6.54 Å². The van der Waals surface area contributed by atoms with Crippen LogP contribution in [0.3, 0.4) is 0 Å². The number of fused-ring (bicyclic) bond motifs is 1. The van der Waals surface area contributed by atoms with Crippen LogP contribution in [-0.2, 0) is 18.4 Å². The fourth-order valence-corrected chi connectivity index (χ4v) is 2.28. The topological polar surface area (TPSA) is 80.0 Å². The molecule has 20 heavy (non-hydrogen) atoms. The molecular formula is C14H20N4O2. The summed E-state index contributed by atoms with van der Waals surface area (Å²) >= 11 is 0. The van der Waals surface area contributed by atoms with Crippen molar-refractivity contribution in [2.24, 2.45) is 13.0 Å². The van der Waals surface area contributed by atoms with E-state index in [4.69, 9.17) is 5.11 Å². The van der Waals surface area contributed by atoms with Crippen LogP contribution >= 0.6 is 0 Å². The van der Waals surface area contributed by atoms with Crippen LogP contribution in [0.15, 0.2) is 12.3 Å². The number of aliphatic carboxylic acids is 1. The molecule has 6 nitrogen and oxygen atoms in total. The molecule has 0 spiro atoms. The lowest BCUT2D eigenvalue weighted by atomic mass is 10.0. The van der Waals surface area contributed by atoms with E-state index in [2.05, 4.69) is 15.4 Å². The minimum Gasteiger partial charge on any atom is -0.480 e. The van der Waals surface area contributed by atoms with E-state index in [-0.39, 0.29) is 5.92 Å². The van der Waals surface area contributed by atoms with Gasteiger partial charge in [-0.25, -0.2) is 4.98 Å². The van der Waals surface area contributed by atoms with Gasteiger partial charge in [0.15, 0.2) is 5.65 Å². The predicted molar refractivity (Wildman–Crippen MR) is 76.3 cm³/mol. The molecule has 2 aromatic heterocycles. The highest BCUT2D eigenvalue weighted by molar-refractivity contribution is 5.78. The van der Waals surface area contributed by atoms with Gasteiger partial charge in [-0.1, -0.05) is 13.8 Å². The number of nitrogens with one attached hydrogen (secondary N) is 1. The van der Waals surface area contributed by atoms with Crippen molar-refractivity contribution in [2.75, 3.05) is 0 Å². The van der Waals surface area contributed by atoms with Crippen molar-refractivity contribution in [3.8, 4) is 0 Å². The minimum absolute atomic E-state index is 0.0318. The van der Waals surface area contributed by atoms with Crippen molar-refractivity contribution in [3.63, 3.8) is 0 Å². The first-order chi connectivity index (χ1) is 9.40. The van der Waals surface area contributed by atoms with Crippen LogP contribution in [0.4, 0.5) is 0 Å². The van der Waals surface area contributed by atoms with E-state index in [9.17, 15) is 4.79 Å². The van der Waals surface area contributed by atoms with Gasteiger partial charge in [0.05, 0.1) is 5.69 Å². The lowest BCUT2D eigenvalue weighted by Gasteiger charge is -2.17. The maximum atomic E-state index is 11.1. The number of carboxylic acid groups (broad SMARTS) is 1. The Hall–Kier alpha value is -1.95. The molecule has 0 fully saturated rings. The number of rotatable bonds is 5. The maximum Gasteiger partial charge on any atom is 0.320 e. The van der Waals surface area contributed by atoms with Gasteiger partial charge in [0, 0.05) is 25.2 Å². The molecule has 1 atom stereocenters. The molecule has 2 N–H and O–H groups in total. The number of hydrogen-bond donors (Lipinski definition) is 2. The lowest BCUT2D eigenvalue weighted by Crippen LogP contribution is -2.40. The molecule has 0 saturated heterocycles. The molecule has 0 aliphatic carbocycles. The van der Waals surface area contributed by atoms with Gasteiger partial charge in [0.25, 0.3) is 0 Å². The molecule has 0 radical (unpaired) electrons. The number of nitrogens with zero attached hydrogens (tertiary/aromatic N) is 3. The van der Waals surface area contributed by atoms with E-state index in [1.54, 1.807) is 10.9 Å². The Labute approximate surface area is 117 Å². The molecule has 2 aromatic rings. The van der Waals surface area contributed by atoms with Crippen LogP contribution in [-0.4, -0.2) is 31.9 Å². The molecule has 0 saturated carbocycles. The van der Waals surface area contributed by atoms with Gasteiger partial charge in [0.1, 0.15) is 6.04 Å². The zero-order valence-electron chi connectivity index (χ0n) is 12.2. The molecule has 2 heterocycles. The fourth-order valence-electron chi connectivity index (χ4n) is 2.28. The number of carbonyl (C=O) groups is 1. The maximum absolute atomic E-state index is 11.1. The monoisotopic (exact) mass is 276 g/mol. The Morgan fingerprint density at radius 1 is 1.50 bits per heavy atom. The van der Waals surface area contributed by atoms with Crippen LogP contribution in [0.1, 0.15) is 25.1 Å². The SMILES string of the molecule is Cc1nn(C)c2ncc(CNC(C(=O)O)C(C)C)cc12. The highest BCUT2D eigenvalue weighted by Crippen LogP contribution is 2.16. The average Bonchev–Trinajstić information content (AvgIpc) is 2.64. The molecule has 108 valence electrons. The molecule has 2 rings (SSSR count). The van der Waals surface area contributed by atoms with Crippen LogP contribution in [0.5, 0.6) is 0 Å². The smallest absolute Gasteiger partial charge is 0.320 e. The summed E-state index contributed by atoms with van der Waals surface area (Å²) in [5.74, 6) is -0.795. The van der Waals surface area contributed by atoms with Crippen molar-refractivity contribution in [2.45, 2.75) is 33.4 Å². The zero-order valence-corrected chi connectivity index (χ0v) is 12.2. The third kappa shape index (κ3) is 2.80. The highest BCUT2D eigenvalue weighted by atomic mass is 16.4. The quantitative estimate of drug-likeness (QED) is 0.864. The van der Waals surface area contributed by atoms with E-state index in [1.165, 1.54) is 0 Å². The average molecular weight is 276 g/mol. The summed E-state index contributed by atoms with van der Waals surface area (Å²) in [5.41, 5.74) is 2.72. The fraction of sp³-hybridized carbons (Fsp3) is 0.500. The predicted octanol–water partition coefficient (Wildman–Crippen LogP) is 1.48. The van der Waals surface area contributed by atoms with Gasteiger partial charge in [-0.2, -0.15) is 5.10 Å². The van der Waals surface area contributed by atoms with Crippen molar-refractivity contribution in [3.05, 3.63) is 23.5 Å². The van der Waals surface area contributed by atoms with Gasteiger partial charge in [-0.3, -0.25) is 9.48 Å². The second kappa shape index (κ2) is 5.58. The third-order valence-corrected chi connectivity index (χ3v) is 3.38. The van der Waals surface area contributed by atoms with Gasteiger partial charge >= 0.3 is 5.97 Å². The minimum atomic E-state index is -0.827. The molecule has 0 aliphatic rings. The summed E-state index contributed by atoms with van der Waals surface area (Å²) in [6, 6.07) is 1.46. The standard InChI is InChI=1S/C14H20N4O2/c1-8(2)12(14(19)20)15-6-10-5-11-9(3)17-18(4)13(11)16-7-10/h5,7-8,12,15H,6H2,1-4H3,(H,19,20). The van der Waals surface area contributed by atoms with Crippen LogP contribution in [0.25, 0.3) is 11.0 Å². The second-order valence-corrected chi connectivity index (χ2v) is 5.36. The van der Waals surface area contributed by atoms with Gasteiger partial charge in [0.2, 0.25) is 0 Å². The number of pyridine rings is 1. The second-order valence-electron chi connectivity index (χ2n) is 5.36. The first kappa shape index (κ1) is 14.5. The molecular weight excluding hydrogens is 256 g/mol. The summed E-state index contributed by atoms with van der Waals surface area (Å²) in [7, 11) is 1.86. The first-order valence-corrected chi connectivity index (χ1v) is 6.64. The number of hydrogen-bond acceptors (Lipinski definition) is 4. The van der Waals surface area contributed by atoms with Gasteiger partial charge < -0.3 is 10.4 Å². The number of aryl methyl sites for hydroxylation is 2. The van der Waals surface area contributed by atoms with E-state index in [1.807, 2.05) is 33.9 Å². The number of aromatic nitrogens is 3. The Balaban J connectivity index is 2.18. The van der Waals surface area contributed by atoms with Crippen molar-refractivity contribution >= 4 is 17.0 Å². The van der Waals surface area contributed by atoms with Crippen LogP contribution in [0.2, 0.25) is 0 Å². The molecule has 0 aliphatic heterocycles. The molecule has 1 unspecified atom stereocenters. The molecule has 0 bridgehead atoms. The van der Waals surface area contributed by atoms with E-state index < -0.39 is 12.0 Å². The van der Waals surface area contributed by atoms with E-state index >= 15 is 0 Å². The van der Waals surface area contributed by atoms with Crippen LogP contribution < -0.4 is 5.32 Å². The summed E-state index contributed by atoms with van der Waals surface area (Å²) in [6.45, 7) is 6.19. The van der Waals surface area contributed by atoms with E-state index in [0.717, 1.165) is 22.3 Å². The first-order valence-electron chi connectivity index (χ1n) is 6.64. The summed E-state index contributed by atoms with van der Waals surface area (Å²) in [4.78, 5) is 15.5. The van der Waals surface area contributed by atoms with Crippen molar-refractivity contribution < 1.29 is 9.90 Å². The lowest BCUT2D eigenvalue weighted by molar-refractivity contribution is -0.140. The Kier molecular flexibility index (Phi) is 4.04. The van der Waals surface area contributed by atoms with Crippen molar-refractivity contribution in [1.82, 2.24) is 20.1 Å². The van der Waals surface area contributed by atoms with Gasteiger partial charge in [-0.15, -0.1) is 0 Å². The number of carboxylic acids is 1. The highest BCUT2D eigenvalue weighted by Gasteiger charge is 2.20. The van der Waals surface area contributed by atoms with Crippen molar-refractivity contribution in [1.29, 1.82) is 0 Å². The molecule has 6 heteroatoms. The Morgan fingerprint density at radius 3 is 2.80 bits per heavy atom.